The van der Waals surface area contributed by atoms with Gasteiger partial charge >= 0.3 is 0 Å². The fourth-order valence-electron chi connectivity index (χ4n) is 3.19. The maximum Gasteiger partial charge on any atom is 0.253 e. The predicted molar refractivity (Wildman–Crippen MR) is 95.3 cm³/mol. The smallest absolute Gasteiger partial charge is 0.253 e. The summed E-state index contributed by atoms with van der Waals surface area (Å²) in [7, 11) is 1.73. The number of carbonyl (C=O) groups is 3. The molecule has 2 aliphatic rings. The zero-order valence-electron chi connectivity index (χ0n) is 14.7. The van der Waals surface area contributed by atoms with Crippen LogP contribution in [0.3, 0.4) is 0 Å². The largest absolute Gasteiger partial charge is 0.352 e. The lowest BCUT2D eigenvalue weighted by Gasteiger charge is -2.20. The van der Waals surface area contributed by atoms with Crippen LogP contribution in [0.1, 0.15) is 42.5 Å². The number of carbonyl (C=O) groups excluding carboxylic acids is 3. The molecule has 25 heavy (non-hydrogen) atoms. The average molecular weight is 343 g/mol. The maximum atomic E-state index is 12.5. The number of nitrogens with zero attached hydrogens (tertiary/aromatic N) is 2. The van der Waals surface area contributed by atoms with E-state index in [1.54, 1.807) is 30.1 Å². The van der Waals surface area contributed by atoms with E-state index in [1.165, 1.54) is 0 Å². The molecule has 1 aromatic carbocycles. The van der Waals surface area contributed by atoms with Gasteiger partial charge in [-0.1, -0.05) is 12.1 Å². The minimum Gasteiger partial charge on any atom is -0.352 e. The zero-order valence-corrected chi connectivity index (χ0v) is 14.7. The molecule has 6 heteroatoms. The number of anilines is 1. The highest BCUT2D eigenvalue weighted by Crippen LogP contribution is 2.33. The lowest BCUT2D eigenvalue weighted by Crippen LogP contribution is -2.33. The van der Waals surface area contributed by atoms with Crippen LogP contribution in [0.4, 0.5) is 5.69 Å². The van der Waals surface area contributed by atoms with E-state index in [-0.39, 0.29) is 23.6 Å². The molecule has 0 bridgehead atoms. The van der Waals surface area contributed by atoms with Gasteiger partial charge in [-0.05, 0) is 37.8 Å². The Balaban J connectivity index is 1.54. The van der Waals surface area contributed by atoms with E-state index >= 15 is 0 Å². The Kier molecular flexibility index (Phi) is 5.36. The summed E-state index contributed by atoms with van der Waals surface area (Å²) in [6.45, 7) is 2.02. The Morgan fingerprint density at radius 2 is 2.04 bits per heavy atom. The van der Waals surface area contributed by atoms with Gasteiger partial charge in [-0.15, -0.1) is 0 Å². The molecule has 1 heterocycles. The van der Waals surface area contributed by atoms with Crippen molar-refractivity contribution in [3.63, 3.8) is 0 Å². The molecule has 0 aromatic heterocycles. The molecular weight excluding hydrogens is 318 g/mol. The van der Waals surface area contributed by atoms with Gasteiger partial charge < -0.3 is 15.1 Å². The molecule has 1 aliphatic carbocycles. The highest BCUT2D eigenvalue weighted by molar-refractivity contribution is 6.05. The molecule has 0 unspecified atom stereocenters. The molecule has 2 fully saturated rings. The van der Waals surface area contributed by atoms with E-state index in [1.807, 2.05) is 11.0 Å². The van der Waals surface area contributed by atoms with Crippen LogP contribution < -0.4 is 10.2 Å². The van der Waals surface area contributed by atoms with Gasteiger partial charge in [0.05, 0.1) is 11.3 Å². The summed E-state index contributed by atoms with van der Waals surface area (Å²) in [6.07, 6.45) is 4.18. The van der Waals surface area contributed by atoms with Crippen molar-refractivity contribution < 1.29 is 14.4 Å². The van der Waals surface area contributed by atoms with Crippen LogP contribution in [-0.4, -0.2) is 49.3 Å². The van der Waals surface area contributed by atoms with E-state index in [9.17, 15) is 14.4 Å². The van der Waals surface area contributed by atoms with Crippen molar-refractivity contribution in [3.05, 3.63) is 29.8 Å². The molecule has 0 radical (unpaired) electrons. The SMILES string of the molecule is CN(C(=O)C1CC1)c1ccccc1C(=O)NCCCN1CCCC1=O. The third-order valence-electron chi connectivity index (χ3n) is 4.83. The molecule has 0 spiro atoms. The summed E-state index contributed by atoms with van der Waals surface area (Å²) in [6, 6.07) is 7.18. The van der Waals surface area contributed by atoms with Gasteiger partial charge in [0.2, 0.25) is 11.8 Å². The van der Waals surface area contributed by atoms with Gasteiger partial charge in [0.15, 0.2) is 0 Å². The Morgan fingerprint density at radius 1 is 1.28 bits per heavy atom. The number of hydrogen-bond donors (Lipinski definition) is 1. The molecule has 3 rings (SSSR count). The van der Waals surface area contributed by atoms with Crippen molar-refractivity contribution in [1.82, 2.24) is 10.2 Å². The van der Waals surface area contributed by atoms with Crippen molar-refractivity contribution >= 4 is 23.4 Å². The van der Waals surface area contributed by atoms with Gasteiger partial charge in [-0.25, -0.2) is 0 Å². The van der Waals surface area contributed by atoms with E-state index in [0.29, 0.717) is 30.8 Å². The van der Waals surface area contributed by atoms with Gasteiger partial charge in [-0.2, -0.15) is 0 Å². The molecule has 0 atom stereocenters. The van der Waals surface area contributed by atoms with Crippen LogP contribution in [0, 0.1) is 5.92 Å². The molecule has 1 saturated heterocycles. The monoisotopic (exact) mass is 343 g/mol. The molecule has 1 aliphatic heterocycles. The standard InChI is InChI=1S/C19H25N3O3/c1-21(19(25)14-9-10-14)16-7-3-2-6-15(16)18(24)20-11-5-13-22-12-4-8-17(22)23/h2-3,6-7,14H,4-5,8-13H2,1H3,(H,20,24). The number of benzene rings is 1. The summed E-state index contributed by atoms with van der Waals surface area (Å²) < 4.78 is 0. The second-order valence-electron chi connectivity index (χ2n) is 6.78. The van der Waals surface area contributed by atoms with Crippen molar-refractivity contribution in [2.45, 2.75) is 32.1 Å². The Hall–Kier alpha value is -2.37. The normalized spacial score (nSPS) is 16.8. The van der Waals surface area contributed by atoms with E-state index < -0.39 is 0 Å². The van der Waals surface area contributed by atoms with Gasteiger partial charge in [-0.3, -0.25) is 14.4 Å². The van der Waals surface area contributed by atoms with Crippen molar-refractivity contribution in [2.75, 3.05) is 31.6 Å². The molecule has 1 N–H and O–H groups in total. The zero-order chi connectivity index (χ0) is 17.8. The highest BCUT2D eigenvalue weighted by Gasteiger charge is 2.33. The number of likely N-dealkylation sites (tertiary alicyclic amines) is 1. The summed E-state index contributed by atoms with van der Waals surface area (Å²) in [5.41, 5.74) is 1.16. The second-order valence-corrected chi connectivity index (χ2v) is 6.78. The minimum atomic E-state index is -0.182. The first-order valence-corrected chi connectivity index (χ1v) is 9.00. The number of hydrogen-bond acceptors (Lipinski definition) is 3. The van der Waals surface area contributed by atoms with E-state index in [4.69, 9.17) is 0 Å². The van der Waals surface area contributed by atoms with E-state index in [0.717, 1.165) is 32.2 Å². The average Bonchev–Trinajstić information content (AvgIpc) is 3.40. The summed E-state index contributed by atoms with van der Waals surface area (Å²) in [5.74, 6) is 0.211. The lowest BCUT2D eigenvalue weighted by atomic mass is 10.1. The first-order chi connectivity index (χ1) is 12.1. The Labute approximate surface area is 148 Å². The molecule has 6 nitrogen and oxygen atoms in total. The number of para-hydroxylation sites is 1. The Bertz CT molecular complexity index is 670. The number of amides is 3. The van der Waals surface area contributed by atoms with Gasteiger partial charge in [0.25, 0.3) is 5.91 Å². The van der Waals surface area contributed by atoms with Crippen molar-refractivity contribution in [3.8, 4) is 0 Å². The van der Waals surface area contributed by atoms with Crippen LogP contribution >= 0.6 is 0 Å². The first-order valence-electron chi connectivity index (χ1n) is 9.00. The molecule has 1 saturated carbocycles. The first kappa shape index (κ1) is 17.5. The van der Waals surface area contributed by atoms with E-state index in [2.05, 4.69) is 5.32 Å². The fourth-order valence-corrected chi connectivity index (χ4v) is 3.19. The van der Waals surface area contributed by atoms with Gasteiger partial charge in [0.1, 0.15) is 0 Å². The molecule has 1 aromatic rings. The predicted octanol–water partition coefficient (Wildman–Crippen LogP) is 1.80. The second kappa shape index (κ2) is 7.68. The number of nitrogens with one attached hydrogen (secondary N) is 1. The third kappa shape index (κ3) is 4.18. The van der Waals surface area contributed by atoms with Crippen LogP contribution in [0.5, 0.6) is 0 Å². The van der Waals surface area contributed by atoms with Crippen LogP contribution in [0.25, 0.3) is 0 Å². The highest BCUT2D eigenvalue weighted by atomic mass is 16.2. The third-order valence-corrected chi connectivity index (χ3v) is 4.83. The molecule has 3 amide bonds. The topological polar surface area (TPSA) is 69.7 Å². The molecule has 134 valence electrons. The Morgan fingerprint density at radius 3 is 2.72 bits per heavy atom. The lowest BCUT2D eigenvalue weighted by molar-refractivity contribution is -0.127. The quantitative estimate of drug-likeness (QED) is 0.768. The number of rotatable bonds is 7. The fraction of sp³-hybridized carbons (Fsp3) is 0.526. The summed E-state index contributed by atoms with van der Waals surface area (Å²) in [4.78, 5) is 39.8. The summed E-state index contributed by atoms with van der Waals surface area (Å²) in [5, 5.41) is 2.90. The van der Waals surface area contributed by atoms with Gasteiger partial charge in [0, 0.05) is 39.0 Å². The van der Waals surface area contributed by atoms with Crippen molar-refractivity contribution in [2.24, 2.45) is 5.92 Å². The van der Waals surface area contributed by atoms with Crippen LogP contribution in [0.2, 0.25) is 0 Å². The summed E-state index contributed by atoms with van der Waals surface area (Å²) >= 11 is 0. The minimum absolute atomic E-state index is 0.0767. The van der Waals surface area contributed by atoms with Crippen LogP contribution in [-0.2, 0) is 9.59 Å². The van der Waals surface area contributed by atoms with Crippen molar-refractivity contribution in [1.29, 1.82) is 0 Å². The van der Waals surface area contributed by atoms with Crippen LogP contribution in [0.15, 0.2) is 24.3 Å². The molecular formula is C19H25N3O3. The maximum absolute atomic E-state index is 12.5.